The first-order chi connectivity index (χ1) is 13.3. The van der Waals surface area contributed by atoms with Gasteiger partial charge in [-0.15, -0.1) is 0 Å². The van der Waals surface area contributed by atoms with Crippen molar-refractivity contribution in [2.75, 3.05) is 0 Å². The van der Waals surface area contributed by atoms with Crippen molar-refractivity contribution >= 4 is 18.2 Å². The number of benzene rings is 2. The van der Waals surface area contributed by atoms with Crippen LogP contribution in [0.3, 0.4) is 0 Å². The van der Waals surface area contributed by atoms with E-state index in [2.05, 4.69) is 19.9 Å². The minimum Gasteiger partial charge on any atom is -0.507 e. The summed E-state index contributed by atoms with van der Waals surface area (Å²) in [7, 11) is 0. The molecule has 4 heteroatoms. The molecule has 28 heavy (non-hydrogen) atoms. The van der Waals surface area contributed by atoms with Gasteiger partial charge in [0, 0.05) is 0 Å². The molecule has 2 aromatic carbocycles. The second-order valence-electron chi connectivity index (χ2n) is 7.60. The zero-order chi connectivity index (χ0) is 20.3. The van der Waals surface area contributed by atoms with E-state index in [0.29, 0.717) is 11.3 Å². The Hall–Kier alpha value is -3.14. The van der Waals surface area contributed by atoms with E-state index in [-0.39, 0.29) is 17.2 Å². The van der Waals surface area contributed by atoms with Crippen LogP contribution in [0.1, 0.15) is 50.3 Å². The molecule has 1 heterocycles. The molecule has 4 nitrogen and oxygen atoms in total. The van der Waals surface area contributed by atoms with Crippen LogP contribution in [-0.2, 0) is 0 Å². The van der Waals surface area contributed by atoms with Gasteiger partial charge in [0.2, 0.25) is 0 Å². The van der Waals surface area contributed by atoms with Gasteiger partial charge in [0.05, 0.1) is 5.56 Å². The summed E-state index contributed by atoms with van der Waals surface area (Å²) in [6, 6.07) is 8.18. The first-order valence-electron chi connectivity index (χ1n) is 9.34. The van der Waals surface area contributed by atoms with Crippen LogP contribution in [0, 0.1) is 0 Å². The Morgan fingerprint density at radius 2 is 1.68 bits per heavy atom. The molecule has 3 N–H and O–H groups in total. The largest absolute Gasteiger partial charge is 0.507 e. The predicted molar refractivity (Wildman–Crippen MR) is 114 cm³/mol. The van der Waals surface area contributed by atoms with Gasteiger partial charge in [0.1, 0.15) is 17.1 Å². The molecule has 0 spiro atoms. The van der Waals surface area contributed by atoms with Gasteiger partial charge in [-0.1, -0.05) is 29.9 Å². The van der Waals surface area contributed by atoms with Gasteiger partial charge >= 0.3 is 0 Å². The van der Waals surface area contributed by atoms with E-state index in [1.165, 1.54) is 17.7 Å². The maximum atomic E-state index is 10.4. The Morgan fingerprint density at radius 1 is 0.964 bits per heavy atom. The summed E-state index contributed by atoms with van der Waals surface area (Å²) in [6.07, 6.45) is 11.5. The molecule has 146 valence electrons. The van der Waals surface area contributed by atoms with E-state index in [9.17, 15) is 15.3 Å². The molecule has 0 aromatic heterocycles. The standard InChI is InChI=1S/C24H26O4/c1-16(2)5-4-11-24(3)12-10-19-21(26)14-18(15-23(19)28-24)7-6-17-8-9-20(25)22(27)13-17/h5-10,12-15,25-27H,4,11H2,1-3H3/b7-6+/t24-/m1/s1. The third-order valence-electron chi connectivity index (χ3n) is 4.75. The lowest BCUT2D eigenvalue weighted by molar-refractivity contribution is 0.128. The van der Waals surface area contributed by atoms with Crippen molar-refractivity contribution in [1.82, 2.24) is 0 Å². The number of hydrogen-bond donors (Lipinski definition) is 3. The normalized spacial score (nSPS) is 18.0. The van der Waals surface area contributed by atoms with E-state index in [1.54, 1.807) is 18.2 Å². The van der Waals surface area contributed by atoms with Gasteiger partial charge in [-0.2, -0.15) is 0 Å². The highest BCUT2D eigenvalue weighted by atomic mass is 16.5. The lowest BCUT2D eigenvalue weighted by Gasteiger charge is -2.32. The topological polar surface area (TPSA) is 69.9 Å². The fourth-order valence-electron chi connectivity index (χ4n) is 3.14. The fourth-order valence-corrected chi connectivity index (χ4v) is 3.14. The number of allylic oxidation sites excluding steroid dienone is 2. The van der Waals surface area contributed by atoms with Crippen molar-refractivity contribution in [2.24, 2.45) is 0 Å². The minimum atomic E-state index is -0.420. The molecular weight excluding hydrogens is 352 g/mol. The summed E-state index contributed by atoms with van der Waals surface area (Å²) >= 11 is 0. The minimum absolute atomic E-state index is 0.156. The van der Waals surface area contributed by atoms with Crippen molar-refractivity contribution in [1.29, 1.82) is 0 Å². The second-order valence-corrected chi connectivity index (χ2v) is 7.60. The third-order valence-corrected chi connectivity index (χ3v) is 4.75. The van der Waals surface area contributed by atoms with Crippen LogP contribution in [0.2, 0.25) is 0 Å². The molecule has 1 aliphatic heterocycles. The number of fused-ring (bicyclic) bond motifs is 1. The third kappa shape index (κ3) is 4.58. The summed E-state index contributed by atoms with van der Waals surface area (Å²) in [4.78, 5) is 0. The molecule has 0 saturated heterocycles. The zero-order valence-corrected chi connectivity index (χ0v) is 16.4. The fraction of sp³-hybridized carbons (Fsp3) is 0.250. The number of phenolic OH excluding ortho intramolecular Hbond substituents is 3. The van der Waals surface area contributed by atoms with Crippen molar-refractivity contribution in [3.63, 3.8) is 0 Å². The van der Waals surface area contributed by atoms with Crippen LogP contribution in [0.4, 0.5) is 0 Å². The van der Waals surface area contributed by atoms with Gasteiger partial charge in [-0.25, -0.2) is 0 Å². The van der Waals surface area contributed by atoms with Crippen LogP contribution >= 0.6 is 0 Å². The Balaban J connectivity index is 1.82. The molecular formula is C24H26O4. The highest BCUT2D eigenvalue weighted by Crippen LogP contribution is 2.39. The average Bonchev–Trinajstić information content (AvgIpc) is 2.62. The number of ether oxygens (including phenoxy) is 1. The monoisotopic (exact) mass is 378 g/mol. The number of rotatable bonds is 5. The van der Waals surface area contributed by atoms with Gasteiger partial charge in [0.25, 0.3) is 0 Å². The van der Waals surface area contributed by atoms with Crippen LogP contribution in [-0.4, -0.2) is 20.9 Å². The molecule has 0 radical (unpaired) electrons. The molecule has 1 atom stereocenters. The van der Waals surface area contributed by atoms with Gasteiger partial charge in [-0.05, 0) is 81.2 Å². The van der Waals surface area contributed by atoms with Gasteiger partial charge < -0.3 is 20.1 Å². The highest BCUT2D eigenvalue weighted by molar-refractivity contribution is 5.76. The van der Waals surface area contributed by atoms with Gasteiger partial charge in [-0.3, -0.25) is 0 Å². The van der Waals surface area contributed by atoms with E-state index in [4.69, 9.17) is 4.74 Å². The lowest BCUT2D eigenvalue weighted by atomic mass is 9.94. The van der Waals surface area contributed by atoms with Crippen molar-refractivity contribution < 1.29 is 20.1 Å². The second kappa shape index (κ2) is 7.85. The van der Waals surface area contributed by atoms with Crippen LogP contribution in [0.15, 0.2) is 48.1 Å². The highest BCUT2D eigenvalue weighted by Gasteiger charge is 2.28. The van der Waals surface area contributed by atoms with Crippen LogP contribution in [0.25, 0.3) is 18.2 Å². The smallest absolute Gasteiger partial charge is 0.157 e. The van der Waals surface area contributed by atoms with Crippen LogP contribution < -0.4 is 4.74 Å². The van der Waals surface area contributed by atoms with Crippen molar-refractivity contribution in [3.05, 3.63) is 64.7 Å². The summed E-state index contributed by atoms with van der Waals surface area (Å²) in [5, 5.41) is 29.4. The number of aromatic hydroxyl groups is 3. The molecule has 0 fully saturated rings. The van der Waals surface area contributed by atoms with Crippen molar-refractivity contribution in [3.8, 4) is 23.0 Å². The first kappa shape index (κ1) is 19.6. The SMILES string of the molecule is CC(C)=CCC[C@]1(C)C=Cc2c(O)cc(/C=C/c3ccc(O)c(O)c3)cc2O1. The molecule has 3 rings (SSSR count). The average molecular weight is 378 g/mol. The maximum absolute atomic E-state index is 10.4. The van der Waals surface area contributed by atoms with Crippen LogP contribution in [0.5, 0.6) is 23.0 Å². The molecule has 0 amide bonds. The van der Waals surface area contributed by atoms with E-state index in [1.807, 2.05) is 31.2 Å². The van der Waals surface area contributed by atoms with E-state index >= 15 is 0 Å². The van der Waals surface area contributed by atoms with Crippen molar-refractivity contribution in [2.45, 2.75) is 39.2 Å². The number of hydrogen-bond acceptors (Lipinski definition) is 4. The molecule has 1 aliphatic rings. The summed E-state index contributed by atoms with van der Waals surface area (Å²) < 4.78 is 6.23. The number of phenols is 3. The summed E-state index contributed by atoms with van der Waals surface area (Å²) in [5.74, 6) is 0.482. The molecule has 0 unspecified atom stereocenters. The lowest BCUT2D eigenvalue weighted by Crippen LogP contribution is -2.31. The first-order valence-corrected chi connectivity index (χ1v) is 9.34. The Bertz CT molecular complexity index is 965. The Kier molecular flexibility index (Phi) is 5.50. The maximum Gasteiger partial charge on any atom is 0.157 e. The Labute approximate surface area is 165 Å². The summed E-state index contributed by atoms with van der Waals surface area (Å²) in [5.41, 5.74) is 3.06. The van der Waals surface area contributed by atoms with E-state index < -0.39 is 5.60 Å². The molecule has 0 aliphatic carbocycles. The Morgan fingerprint density at radius 3 is 2.39 bits per heavy atom. The van der Waals surface area contributed by atoms with Gasteiger partial charge in [0.15, 0.2) is 11.5 Å². The van der Waals surface area contributed by atoms with E-state index in [0.717, 1.165) is 24.0 Å². The predicted octanol–water partition coefficient (Wildman–Crippen LogP) is 5.88. The summed E-state index contributed by atoms with van der Waals surface area (Å²) in [6.45, 7) is 6.21. The molecule has 0 bridgehead atoms. The molecule has 2 aromatic rings. The molecule has 0 saturated carbocycles. The quantitative estimate of drug-likeness (QED) is 0.345. The zero-order valence-electron chi connectivity index (χ0n) is 16.4.